The first kappa shape index (κ1) is 28.7. The van der Waals surface area contributed by atoms with Crippen LogP contribution in [0.4, 0.5) is 5.69 Å². The molecular formula is C28H29N3O8S. The normalized spacial score (nSPS) is 13.7. The number of sulfonamides is 1. The summed E-state index contributed by atoms with van der Waals surface area (Å²) in [5.74, 6) is -0.757. The Bertz CT molecular complexity index is 1450. The van der Waals surface area contributed by atoms with Crippen LogP contribution in [0.2, 0.25) is 0 Å². The van der Waals surface area contributed by atoms with E-state index in [1.54, 1.807) is 37.3 Å². The van der Waals surface area contributed by atoms with Gasteiger partial charge in [-0.3, -0.25) is 14.4 Å². The van der Waals surface area contributed by atoms with Crippen molar-refractivity contribution in [2.75, 3.05) is 44.8 Å². The fraction of sp³-hybridized carbons (Fsp3) is 0.250. The lowest BCUT2D eigenvalue weighted by molar-refractivity contribution is -0.146. The number of para-hydroxylation sites is 1. The first-order valence-corrected chi connectivity index (χ1v) is 13.9. The number of amides is 2. The van der Waals surface area contributed by atoms with Crippen LogP contribution >= 0.6 is 0 Å². The highest BCUT2D eigenvalue weighted by atomic mass is 32.2. The molecule has 0 aromatic heterocycles. The van der Waals surface area contributed by atoms with Gasteiger partial charge >= 0.3 is 5.97 Å². The number of aryl methyl sites for hydroxylation is 1. The SMILES string of the molecule is Cc1ccc(S(=O)(=O)N2CCOCC2)cc1NC(=O)COC(=O)CNC(=O)c1ccc(Oc2ccccc2)cc1. The van der Waals surface area contributed by atoms with Gasteiger partial charge in [-0.2, -0.15) is 4.31 Å². The Labute approximate surface area is 232 Å². The van der Waals surface area contributed by atoms with E-state index < -0.39 is 41.0 Å². The number of morpholine rings is 1. The van der Waals surface area contributed by atoms with Gasteiger partial charge in [-0.05, 0) is 61.0 Å². The van der Waals surface area contributed by atoms with E-state index >= 15 is 0 Å². The second kappa shape index (κ2) is 13.2. The van der Waals surface area contributed by atoms with Gasteiger partial charge in [-0.1, -0.05) is 24.3 Å². The fourth-order valence-corrected chi connectivity index (χ4v) is 5.20. The second-order valence-electron chi connectivity index (χ2n) is 8.82. The number of nitrogens with one attached hydrogen (secondary N) is 2. The van der Waals surface area contributed by atoms with E-state index in [2.05, 4.69) is 10.6 Å². The largest absolute Gasteiger partial charge is 0.457 e. The van der Waals surface area contributed by atoms with E-state index in [9.17, 15) is 22.8 Å². The number of anilines is 1. The van der Waals surface area contributed by atoms with Crippen molar-refractivity contribution in [3.63, 3.8) is 0 Å². The van der Waals surface area contributed by atoms with Crippen molar-refractivity contribution in [2.45, 2.75) is 11.8 Å². The van der Waals surface area contributed by atoms with Crippen molar-refractivity contribution in [3.8, 4) is 11.5 Å². The molecule has 0 aliphatic carbocycles. The highest BCUT2D eigenvalue weighted by molar-refractivity contribution is 7.89. The first-order valence-electron chi connectivity index (χ1n) is 12.5. The van der Waals surface area contributed by atoms with Crippen molar-refractivity contribution < 1.29 is 37.0 Å². The topological polar surface area (TPSA) is 140 Å². The van der Waals surface area contributed by atoms with Gasteiger partial charge in [0.1, 0.15) is 18.0 Å². The van der Waals surface area contributed by atoms with Crippen molar-refractivity contribution >= 4 is 33.5 Å². The molecule has 2 amide bonds. The maximum atomic E-state index is 12.9. The van der Waals surface area contributed by atoms with Crippen LogP contribution in [0, 0.1) is 6.92 Å². The van der Waals surface area contributed by atoms with E-state index in [4.69, 9.17) is 14.2 Å². The Morgan fingerprint density at radius 1 is 0.925 bits per heavy atom. The molecule has 4 rings (SSSR count). The molecule has 0 radical (unpaired) electrons. The van der Waals surface area contributed by atoms with Crippen LogP contribution in [-0.2, 0) is 29.1 Å². The van der Waals surface area contributed by atoms with Crippen LogP contribution in [0.3, 0.4) is 0 Å². The first-order chi connectivity index (χ1) is 19.2. The molecule has 0 spiro atoms. The monoisotopic (exact) mass is 567 g/mol. The molecule has 0 unspecified atom stereocenters. The maximum absolute atomic E-state index is 12.9. The van der Waals surface area contributed by atoms with Crippen LogP contribution in [0.25, 0.3) is 0 Å². The van der Waals surface area contributed by atoms with Gasteiger partial charge < -0.3 is 24.8 Å². The quantitative estimate of drug-likeness (QED) is 0.357. The average Bonchev–Trinajstić information content (AvgIpc) is 2.97. The molecule has 40 heavy (non-hydrogen) atoms. The van der Waals surface area contributed by atoms with E-state index in [1.165, 1.54) is 16.4 Å². The number of ether oxygens (including phenoxy) is 3. The summed E-state index contributed by atoms with van der Waals surface area (Å²) in [6.07, 6.45) is 0. The molecule has 11 nitrogen and oxygen atoms in total. The summed E-state index contributed by atoms with van der Waals surface area (Å²) >= 11 is 0. The zero-order valence-corrected chi connectivity index (χ0v) is 22.6. The lowest BCUT2D eigenvalue weighted by Gasteiger charge is -2.26. The molecule has 1 saturated heterocycles. The van der Waals surface area contributed by atoms with Crippen LogP contribution in [0.15, 0.2) is 77.7 Å². The third-order valence-electron chi connectivity index (χ3n) is 5.94. The molecule has 12 heteroatoms. The Morgan fingerprint density at radius 3 is 2.30 bits per heavy atom. The van der Waals surface area contributed by atoms with Gasteiger partial charge in [-0.25, -0.2) is 8.42 Å². The molecule has 210 valence electrons. The molecule has 1 heterocycles. The molecule has 1 fully saturated rings. The number of benzene rings is 3. The van der Waals surface area contributed by atoms with Gasteiger partial charge in [0.05, 0.1) is 18.1 Å². The van der Waals surface area contributed by atoms with Gasteiger partial charge in [0.15, 0.2) is 6.61 Å². The lowest BCUT2D eigenvalue weighted by Crippen LogP contribution is -2.40. The van der Waals surface area contributed by atoms with Gasteiger partial charge in [0.25, 0.3) is 11.8 Å². The van der Waals surface area contributed by atoms with E-state index in [0.717, 1.165) is 0 Å². The summed E-state index contributed by atoms with van der Waals surface area (Å²) in [4.78, 5) is 36.9. The number of rotatable bonds is 10. The van der Waals surface area contributed by atoms with Crippen molar-refractivity contribution in [2.24, 2.45) is 0 Å². The summed E-state index contributed by atoms with van der Waals surface area (Å²) in [5, 5.41) is 5.01. The number of nitrogens with zero attached hydrogens (tertiary/aromatic N) is 1. The summed E-state index contributed by atoms with van der Waals surface area (Å²) < 4.78 is 43.0. The third kappa shape index (κ3) is 7.65. The predicted octanol–water partition coefficient (Wildman–Crippen LogP) is 2.72. The zero-order valence-electron chi connectivity index (χ0n) is 21.8. The van der Waals surface area contributed by atoms with Crippen LogP contribution < -0.4 is 15.4 Å². The van der Waals surface area contributed by atoms with Gasteiger partial charge in [0, 0.05) is 24.3 Å². The highest BCUT2D eigenvalue weighted by Crippen LogP contribution is 2.24. The Balaban J connectivity index is 1.24. The second-order valence-corrected chi connectivity index (χ2v) is 10.8. The molecule has 3 aromatic rings. The number of esters is 1. The van der Waals surface area contributed by atoms with E-state index in [-0.39, 0.29) is 23.7 Å². The summed E-state index contributed by atoms with van der Waals surface area (Å²) in [6.45, 7) is 1.78. The number of carbonyl (C=O) groups excluding carboxylic acids is 3. The van der Waals surface area contributed by atoms with Crippen molar-refractivity contribution in [1.29, 1.82) is 0 Å². The van der Waals surface area contributed by atoms with Crippen LogP contribution in [-0.4, -0.2) is 70.0 Å². The summed E-state index contributed by atoms with van der Waals surface area (Å²) in [5.41, 5.74) is 1.23. The molecule has 0 saturated carbocycles. The standard InChI is InChI=1S/C28H29N3O8S/c1-20-7-12-24(40(35,36)31-13-15-37-16-14-31)17-25(20)30-26(32)19-38-27(33)18-29-28(34)21-8-10-23(11-9-21)39-22-5-3-2-4-6-22/h2-12,17H,13-16,18-19H2,1H3,(H,29,34)(H,30,32). The predicted molar refractivity (Wildman–Crippen MR) is 146 cm³/mol. The minimum Gasteiger partial charge on any atom is -0.457 e. The molecule has 0 atom stereocenters. The molecular weight excluding hydrogens is 538 g/mol. The van der Waals surface area contributed by atoms with Gasteiger partial charge in [-0.15, -0.1) is 0 Å². The maximum Gasteiger partial charge on any atom is 0.325 e. The minimum atomic E-state index is -3.75. The van der Waals surface area contributed by atoms with Gasteiger partial charge in [0.2, 0.25) is 10.0 Å². The Hall–Kier alpha value is -4.26. The Kier molecular flexibility index (Phi) is 9.48. The van der Waals surface area contributed by atoms with Crippen molar-refractivity contribution in [1.82, 2.24) is 9.62 Å². The van der Waals surface area contributed by atoms with Crippen LogP contribution in [0.5, 0.6) is 11.5 Å². The number of carbonyl (C=O) groups is 3. The van der Waals surface area contributed by atoms with E-state index in [1.807, 2.05) is 30.3 Å². The summed E-state index contributed by atoms with van der Waals surface area (Å²) in [6, 6.07) is 20.0. The summed E-state index contributed by atoms with van der Waals surface area (Å²) in [7, 11) is -3.75. The molecule has 3 aromatic carbocycles. The molecule has 1 aliphatic rings. The smallest absolute Gasteiger partial charge is 0.325 e. The number of hydrogen-bond acceptors (Lipinski definition) is 8. The molecule has 2 N–H and O–H groups in total. The van der Waals surface area contributed by atoms with E-state index in [0.29, 0.717) is 35.8 Å². The lowest BCUT2D eigenvalue weighted by atomic mass is 10.2. The zero-order chi connectivity index (χ0) is 28.5. The third-order valence-corrected chi connectivity index (χ3v) is 7.84. The number of hydrogen-bond donors (Lipinski definition) is 2. The van der Waals surface area contributed by atoms with Crippen molar-refractivity contribution in [3.05, 3.63) is 83.9 Å². The minimum absolute atomic E-state index is 0.0367. The molecule has 1 aliphatic heterocycles. The Morgan fingerprint density at radius 2 is 1.60 bits per heavy atom. The fourth-order valence-electron chi connectivity index (χ4n) is 3.77. The van der Waals surface area contributed by atoms with Crippen LogP contribution in [0.1, 0.15) is 15.9 Å². The highest BCUT2D eigenvalue weighted by Gasteiger charge is 2.27. The average molecular weight is 568 g/mol. The molecule has 0 bridgehead atoms.